The largest absolute Gasteiger partial charge is 0.493 e. The molecule has 0 unspecified atom stereocenters. The summed E-state index contributed by atoms with van der Waals surface area (Å²) in [6, 6.07) is 18.2. The number of para-hydroxylation sites is 2. The molecule has 0 N–H and O–H groups in total. The molecule has 1 saturated heterocycles. The van der Waals surface area contributed by atoms with Crippen LogP contribution in [-0.2, 0) is 4.79 Å². The average molecular weight is 544 g/mol. The molecule has 1 fully saturated rings. The quantitative estimate of drug-likeness (QED) is 0.186. The van der Waals surface area contributed by atoms with Crippen LogP contribution in [0, 0.1) is 0 Å². The number of benzene rings is 3. The highest BCUT2D eigenvalue weighted by atomic mass is 35.5. The Labute approximate surface area is 221 Å². The Hall–Kier alpha value is -3.46. The average Bonchev–Trinajstić information content (AvgIpc) is 3.11. The highest BCUT2D eigenvalue weighted by Crippen LogP contribution is 2.33. The molecule has 36 heavy (non-hydrogen) atoms. The predicted molar refractivity (Wildman–Crippen MR) is 139 cm³/mol. The number of thioether (sulfide) groups is 1. The van der Waals surface area contributed by atoms with Crippen molar-refractivity contribution in [2.75, 3.05) is 20.3 Å². The molecule has 0 spiro atoms. The number of hydrogen-bond acceptors (Lipinski definition) is 7. The highest BCUT2D eigenvalue weighted by molar-refractivity contribution is 8.18. The van der Waals surface area contributed by atoms with E-state index in [1.54, 1.807) is 48.5 Å². The van der Waals surface area contributed by atoms with Crippen LogP contribution in [0.4, 0.5) is 4.79 Å². The molecule has 184 valence electrons. The fraction of sp³-hybridized carbons (Fsp3) is 0.115. The number of carbonyl (C=O) groups excluding carboxylic acids is 3. The number of rotatable bonds is 8. The van der Waals surface area contributed by atoms with Gasteiger partial charge in [0, 0.05) is 5.02 Å². The fourth-order valence-corrected chi connectivity index (χ4v) is 4.66. The van der Waals surface area contributed by atoms with Gasteiger partial charge in [-0.05, 0) is 65.9 Å². The third-order valence-electron chi connectivity index (χ3n) is 5.03. The van der Waals surface area contributed by atoms with Crippen molar-refractivity contribution >= 4 is 58.2 Å². The summed E-state index contributed by atoms with van der Waals surface area (Å²) in [6.07, 6.45) is 1.57. The number of hydrogen-bond donors (Lipinski definition) is 0. The third-order valence-corrected chi connectivity index (χ3v) is 6.49. The molecular formula is C26H19Cl2NO6S. The predicted octanol–water partition coefficient (Wildman–Crippen LogP) is 6.34. The smallest absolute Gasteiger partial charge is 0.345 e. The van der Waals surface area contributed by atoms with Crippen molar-refractivity contribution in [1.29, 1.82) is 0 Å². The lowest BCUT2D eigenvalue weighted by molar-refractivity contribution is -0.123. The first-order chi connectivity index (χ1) is 17.4. The van der Waals surface area contributed by atoms with Crippen LogP contribution in [0.5, 0.6) is 17.2 Å². The number of amides is 2. The summed E-state index contributed by atoms with van der Waals surface area (Å²) in [5, 5.41) is 0.181. The Kier molecular flexibility index (Phi) is 8.20. The minimum Gasteiger partial charge on any atom is -0.493 e. The van der Waals surface area contributed by atoms with Crippen molar-refractivity contribution in [2.45, 2.75) is 0 Å². The van der Waals surface area contributed by atoms with E-state index in [1.807, 2.05) is 6.07 Å². The zero-order valence-corrected chi connectivity index (χ0v) is 21.2. The van der Waals surface area contributed by atoms with E-state index >= 15 is 0 Å². The van der Waals surface area contributed by atoms with E-state index in [1.165, 1.54) is 25.3 Å². The minimum absolute atomic E-state index is 0.0829. The summed E-state index contributed by atoms with van der Waals surface area (Å²) in [5.41, 5.74) is 0.751. The van der Waals surface area contributed by atoms with E-state index in [-0.39, 0.29) is 34.4 Å². The van der Waals surface area contributed by atoms with Crippen molar-refractivity contribution in [3.05, 3.63) is 92.8 Å². The lowest BCUT2D eigenvalue weighted by Crippen LogP contribution is -2.32. The molecule has 3 aromatic carbocycles. The molecule has 0 radical (unpaired) electrons. The monoisotopic (exact) mass is 543 g/mol. The molecule has 0 aliphatic carbocycles. The highest BCUT2D eigenvalue weighted by Gasteiger charge is 2.34. The van der Waals surface area contributed by atoms with E-state index in [4.69, 9.17) is 37.4 Å². The first kappa shape index (κ1) is 25.6. The summed E-state index contributed by atoms with van der Waals surface area (Å²) < 4.78 is 16.3. The maximum Gasteiger partial charge on any atom is 0.345 e. The minimum atomic E-state index is -0.649. The second-order valence-electron chi connectivity index (χ2n) is 7.42. The molecule has 0 atom stereocenters. The zero-order chi connectivity index (χ0) is 25.7. The molecule has 3 aromatic rings. The van der Waals surface area contributed by atoms with Crippen LogP contribution in [-0.4, -0.2) is 42.3 Å². The van der Waals surface area contributed by atoms with Gasteiger partial charge in [0.25, 0.3) is 11.1 Å². The molecule has 4 rings (SSSR count). The van der Waals surface area contributed by atoms with E-state index in [0.717, 1.165) is 16.7 Å². The number of esters is 1. The van der Waals surface area contributed by atoms with Gasteiger partial charge in [0.1, 0.15) is 12.4 Å². The Bertz CT molecular complexity index is 1360. The summed E-state index contributed by atoms with van der Waals surface area (Å²) in [4.78, 5) is 39.1. The van der Waals surface area contributed by atoms with Gasteiger partial charge in [-0.3, -0.25) is 14.5 Å². The molecular weight excluding hydrogens is 525 g/mol. The maximum atomic E-state index is 12.8. The van der Waals surface area contributed by atoms with Crippen LogP contribution in [0.3, 0.4) is 0 Å². The van der Waals surface area contributed by atoms with Gasteiger partial charge in [-0.25, -0.2) is 4.79 Å². The normalized spacial score (nSPS) is 14.3. The van der Waals surface area contributed by atoms with Gasteiger partial charge in [-0.15, -0.1) is 0 Å². The lowest BCUT2D eigenvalue weighted by atomic mass is 10.2. The number of halogens is 2. The standard InChI is InChI=1S/C26H19Cl2NO6S/c1-33-21-7-2-3-8-22(21)34-12-11-29-24(30)23(36-26(29)32)14-16-5-4-6-18(13-16)35-25(31)19-10-9-17(27)15-20(19)28/h2-10,13-15H,11-12H2,1H3/b23-14-. The lowest BCUT2D eigenvalue weighted by Gasteiger charge is -2.14. The molecule has 0 saturated carbocycles. The fourth-order valence-electron chi connectivity index (χ4n) is 3.31. The van der Waals surface area contributed by atoms with Crippen LogP contribution in [0.15, 0.2) is 71.6 Å². The van der Waals surface area contributed by atoms with Gasteiger partial charge >= 0.3 is 5.97 Å². The third kappa shape index (κ3) is 6.02. The van der Waals surface area contributed by atoms with Crippen LogP contribution >= 0.6 is 35.0 Å². The summed E-state index contributed by atoms with van der Waals surface area (Å²) >= 11 is 12.8. The van der Waals surface area contributed by atoms with Crippen LogP contribution in [0.1, 0.15) is 15.9 Å². The molecule has 0 bridgehead atoms. The summed E-state index contributed by atoms with van der Waals surface area (Å²) in [7, 11) is 1.53. The molecule has 1 aliphatic rings. The molecule has 10 heteroatoms. The number of imide groups is 1. The van der Waals surface area contributed by atoms with Gasteiger partial charge in [-0.1, -0.05) is 47.5 Å². The first-order valence-electron chi connectivity index (χ1n) is 10.6. The van der Waals surface area contributed by atoms with Crippen LogP contribution in [0.2, 0.25) is 10.0 Å². The van der Waals surface area contributed by atoms with E-state index in [0.29, 0.717) is 22.1 Å². The maximum absolute atomic E-state index is 12.8. The first-order valence-corrected chi connectivity index (χ1v) is 12.2. The Morgan fingerprint density at radius 1 is 1.00 bits per heavy atom. The Morgan fingerprint density at radius 3 is 2.53 bits per heavy atom. The van der Waals surface area contributed by atoms with Gasteiger partial charge in [0.05, 0.1) is 29.1 Å². The SMILES string of the molecule is COc1ccccc1OCCN1C(=O)S/C(=C\c2cccc(OC(=O)c3ccc(Cl)cc3Cl)c2)C1=O. The second-order valence-corrected chi connectivity index (χ2v) is 9.26. The Balaban J connectivity index is 1.41. The topological polar surface area (TPSA) is 82.1 Å². The second kappa shape index (κ2) is 11.5. The van der Waals surface area contributed by atoms with Crippen molar-refractivity contribution in [3.63, 3.8) is 0 Å². The zero-order valence-electron chi connectivity index (χ0n) is 18.9. The Morgan fingerprint density at radius 2 is 1.78 bits per heavy atom. The van der Waals surface area contributed by atoms with Crippen LogP contribution < -0.4 is 14.2 Å². The van der Waals surface area contributed by atoms with Crippen molar-refractivity contribution in [2.24, 2.45) is 0 Å². The molecule has 1 heterocycles. The molecule has 7 nitrogen and oxygen atoms in total. The van der Waals surface area contributed by atoms with E-state index in [9.17, 15) is 14.4 Å². The molecule has 1 aliphatic heterocycles. The molecule has 2 amide bonds. The van der Waals surface area contributed by atoms with Gasteiger partial charge in [0.15, 0.2) is 11.5 Å². The van der Waals surface area contributed by atoms with Gasteiger partial charge in [0.2, 0.25) is 0 Å². The van der Waals surface area contributed by atoms with Gasteiger partial charge in [-0.2, -0.15) is 0 Å². The van der Waals surface area contributed by atoms with E-state index in [2.05, 4.69) is 0 Å². The van der Waals surface area contributed by atoms with Crippen molar-refractivity contribution in [3.8, 4) is 17.2 Å². The molecule has 0 aromatic heterocycles. The number of ether oxygens (including phenoxy) is 3. The number of methoxy groups -OCH3 is 1. The van der Waals surface area contributed by atoms with Crippen molar-refractivity contribution < 1.29 is 28.6 Å². The van der Waals surface area contributed by atoms with Crippen molar-refractivity contribution in [1.82, 2.24) is 4.90 Å². The van der Waals surface area contributed by atoms with E-state index < -0.39 is 17.1 Å². The van der Waals surface area contributed by atoms with Crippen LogP contribution in [0.25, 0.3) is 6.08 Å². The summed E-state index contributed by atoms with van der Waals surface area (Å²) in [6.45, 7) is 0.198. The van der Waals surface area contributed by atoms with Gasteiger partial charge < -0.3 is 14.2 Å². The number of carbonyl (C=O) groups is 3. The summed E-state index contributed by atoms with van der Waals surface area (Å²) in [5.74, 6) is 0.261. The number of nitrogens with zero attached hydrogens (tertiary/aromatic N) is 1.